The molecule has 0 saturated carbocycles. The minimum absolute atomic E-state index is 0.0165. The second-order valence-electron chi connectivity index (χ2n) is 7.20. The van der Waals surface area contributed by atoms with Gasteiger partial charge in [0.1, 0.15) is 4.90 Å². The van der Waals surface area contributed by atoms with Crippen LogP contribution in [0.4, 0.5) is 5.69 Å². The van der Waals surface area contributed by atoms with Gasteiger partial charge in [0.15, 0.2) is 6.54 Å². The van der Waals surface area contributed by atoms with E-state index in [4.69, 9.17) is 23.2 Å². The highest BCUT2D eigenvalue weighted by atomic mass is 35.5. The Hall–Kier alpha value is -1.64. The van der Waals surface area contributed by atoms with Crippen molar-refractivity contribution in [2.24, 2.45) is 0 Å². The summed E-state index contributed by atoms with van der Waals surface area (Å²) in [6, 6.07) is 10.2. The van der Waals surface area contributed by atoms with Crippen molar-refractivity contribution in [1.29, 1.82) is 0 Å². The van der Waals surface area contributed by atoms with Gasteiger partial charge >= 0.3 is 0 Å². The Balaban J connectivity index is 1.59. The molecule has 0 unspecified atom stereocenters. The smallest absolute Gasteiger partial charge is 0.279 e. The van der Waals surface area contributed by atoms with Gasteiger partial charge in [-0.2, -0.15) is 4.31 Å². The van der Waals surface area contributed by atoms with Crippen molar-refractivity contribution in [3.63, 3.8) is 0 Å². The first kappa shape index (κ1) is 22.1. The molecular formula is C20H24Cl2N3O3S+. The summed E-state index contributed by atoms with van der Waals surface area (Å²) in [5, 5.41) is 3.43. The third kappa shape index (κ3) is 5.10. The zero-order valence-corrected chi connectivity index (χ0v) is 18.7. The number of nitrogens with zero attached hydrogens (tertiary/aromatic N) is 1. The third-order valence-corrected chi connectivity index (χ3v) is 7.85. The minimum Gasteiger partial charge on any atom is -0.325 e. The molecule has 2 aromatic rings. The predicted octanol–water partition coefficient (Wildman–Crippen LogP) is 2.14. The van der Waals surface area contributed by atoms with Crippen molar-refractivity contribution in [2.45, 2.75) is 18.7 Å². The van der Waals surface area contributed by atoms with Gasteiger partial charge in [-0.1, -0.05) is 35.3 Å². The van der Waals surface area contributed by atoms with Crippen LogP contribution in [0, 0.1) is 13.8 Å². The summed E-state index contributed by atoms with van der Waals surface area (Å²) in [6.07, 6.45) is 0. The van der Waals surface area contributed by atoms with Crippen molar-refractivity contribution >= 4 is 44.8 Å². The number of nitrogens with one attached hydrogen (secondary N) is 2. The molecule has 0 atom stereocenters. The molecule has 156 valence electrons. The third-order valence-electron chi connectivity index (χ3n) is 5.23. The van der Waals surface area contributed by atoms with E-state index in [2.05, 4.69) is 5.32 Å². The molecule has 0 aliphatic carbocycles. The summed E-state index contributed by atoms with van der Waals surface area (Å²) in [7, 11) is -3.72. The van der Waals surface area contributed by atoms with Crippen LogP contribution in [-0.2, 0) is 14.8 Å². The number of carbonyl (C=O) groups is 1. The normalized spacial score (nSPS) is 16.0. The highest BCUT2D eigenvalue weighted by molar-refractivity contribution is 7.89. The lowest BCUT2D eigenvalue weighted by molar-refractivity contribution is -0.895. The van der Waals surface area contributed by atoms with E-state index in [1.807, 2.05) is 32.0 Å². The Bertz CT molecular complexity index is 1020. The Morgan fingerprint density at radius 3 is 2.52 bits per heavy atom. The van der Waals surface area contributed by atoms with Crippen molar-refractivity contribution in [2.75, 3.05) is 38.0 Å². The summed E-state index contributed by atoms with van der Waals surface area (Å²) < 4.78 is 27.2. The van der Waals surface area contributed by atoms with Crippen molar-refractivity contribution in [3.05, 3.63) is 57.6 Å². The van der Waals surface area contributed by atoms with Crippen LogP contribution < -0.4 is 10.2 Å². The summed E-state index contributed by atoms with van der Waals surface area (Å²) in [4.78, 5) is 13.5. The molecule has 29 heavy (non-hydrogen) atoms. The number of benzene rings is 2. The van der Waals surface area contributed by atoms with Crippen LogP contribution in [0.25, 0.3) is 0 Å². The number of quaternary nitrogens is 1. The summed E-state index contributed by atoms with van der Waals surface area (Å²) >= 11 is 12.0. The molecule has 1 aliphatic rings. The molecule has 9 heteroatoms. The number of sulfonamides is 1. The van der Waals surface area contributed by atoms with Crippen molar-refractivity contribution in [3.8, 4) is 0 Å². The average Bonchev–Trinajstić information content (AvgIpc) is 2.67. The quantitative estimate of drug-likeness (QED) is 0.723. The lowest BCUT2D eigenvalue weighted by Gasteiger charge is -2.31. The van der Waals surface area contributed by atoms with Gasteiger partial charge in [0.05, 0.1) is 31.2 Å². The Labute approximate surface area is 181 Å². The standard InChI is InChI=1S/C20H23Cl2N3O3S/c1-14-4-3-5-18(15(14)2)23-20(26)13-24-8-10-25(11-9-24)29(27,28)19-12-16(21)6-7-17(19)22/h3-7,12H,8-11,13H2,1-2H3,(H,23,26)/p+1. The summed E-state index contributed by atoms with van der Waals surface area (Å²) in [5.41, 5.74) is 2.98. The number of hydrogen-bond donors (Lipinski definition) is 2. The largest absolute Gasteiger partial charge is 0.325 e. The second kappa shape index (κ2) is 9.02. The molecule has 0 spiro atoms. The number of piperazine rings is 1. The number of amides is 1. The van der Waals surface area contributed by atoms with E-state index < -0.39 is 10.0 Å². The lowest BCUT2D eigenvalue weighted by Crippen LogP contribution is -3.15. The monoisotopic (exact) mass is 456 g/mol. The van der Waals surface area contributed by atoms with E-state index >= 15 is 0 Å². The Morgan fingerprint density at radius 1 is 1.14 bits per heavy atom. The molecule has 2 aromatic carbocycles. The van der Waals surface area contributed by atoms with E-state index in [0.717, 1.165) is 21.7 Å². The highest BCUT2D eigenvalue weighted by Gasteiger charge is 2.32. The van der Waals surface area contributed by atoms with E-state index in [0.29, 0.717) is 37.7 Å². The minimum atomic E-state index is -3.72. The van der Waals surface area contributed by atoms with E-state index in [1.54, 1.807) is 6.07 Å². The van der Waals surface area contributed by atoms with Gasteiger partial charge < -0.3 is 10.2 Å². The maximum Gasteiger partial charge on any atom is 0.279 e. The number of anilines is 1. The number of halogens is 2. The van der Waals surface area contributed by atoms with E-state index in [9.17, 15) is 13.2 Å². The summed E-state index contributed by atoms with van der Waals surface area (Å²) in [5.74, 6) is -0.0807. The molecule has 1 amide bonds. The molecule has 0 bridgehead atoms. The molecule has 1 aliphatic heterocycles. The van der Waals surface area contributed by atoms with Crippen LogP contribution >= 0.6 is 23.2 Å². The fraction of sp³-hybridized carbons (Fsp3) is 0.350. The first-order chi connectivity index (χ1) is 13.7. The van der Waals surface area contributed by atoms with Crippen molar-refractivity contribution < 1.29 is 18.1 Å². The van der Waals surface area contributed by atoms with Gasteiger partial charge in [-0.15, -0.1) is 0 Å². The first-order valence-corrected chi connectivity index (χ1v) is 11.5. The summed E-state index contributed by atoms with van der Waals surface area (Å²) in [6.45, 7) is 5.98. The van der Waals surface area contributed by atoms with Crippen LogP contribution in [0.15, 0.2) is 41.3 Å². The zero-order chi connectivity index (χ0) is 21.2. The Morgan fingerprint density at radius 2 is 1.83 bits per heavy atom. The van der Waals surface area contributed by atoms with Crippen LogP contribution in [0.2, 0.25) is 10.0 Å². The maximum atomic E-state index is 12.9. The van der Waals surface area contributed by atoms with Crippen LogP contribution in [0.3, 0.4) is 0 Å². The highest BCUT2D eigenvalue weighted by Crippen LogP contribution is 2.27. The van der Waals surface area contributed by atoms with Crippen LogP contribution in [0.5, 0.6) is 0 Å². The molecule has 6 nitrogen and oxygen atoms in total. The lowest BCUT2D eigenvalue weighted by atomic mass is 10.1. The predicted molar refractivity (Wildman–Crippen MR) is 115 cm³/mol. The van der Waals surface area contributed by atoms with Gasteiger partial charge in [-0.05, 0) is 49.2 Å². The first-order valence-electron chi connectivity index (χ1n) is 9.33. The van der Waals surface area contributed by atoms with Gasteiger partial charge in [-0.3, -0.25) is 4.79 Å². The molecular weight excluding hydrogens is 433 g/mol. The topological polar surface area (TPSA) is 70.9 Å². The Kier molecular flexibility index (Phi) is 6.86. The van der Waals surface area contributed by atoms with E-state index in [-0.39, 0.29) is 15.8 Å². The molecule has 1 heterocycles. The fourth-order valence-corrected chi connectivity index (χ4v) is 5.52. The molecule has 1 fully saturated rings. The molecule has 3 rings (SSSR count). The van der Waals surface area contributed by atoms with E-state index in [1.165, 1.54) is 16.4 Å². The van der Waals surface area contributed by atoms with Gasteiger partial charge in [0, 0.05) is 10.7 Å². The van der Waals surface area contributed by atoms with Crippen LogP contribution in [-0.4, -0.2) is 51.4 Å². The fourth-order valence-electron chi connectivity index (χ4n) is 3.34. The SMILES string of the molecule is Cc1cccc(NC(=O)C[NH+]2CCN(S(=O)(=O)c3cc(Cl)ccc3Cl)CC2)c1C. The average molecular weight is 457 g/mol. The van der Waals surface area contributed by atoms with Crippen molar-refractivity contribution in [1.82, 2.24) is 4.31 Å². The zero-order valence-electron chi connectivity index (χ0n) is 16.3. The number of carbonyl (C=O) groups excluding carboxylic acids is 1. The number of rotatable bonds is 5. The van der Waals surface area contributed by atoms with Gasteiger partial charge in [0.25, 0.3) is 5.91 Å². The molecule has 1 saturated heterocycles. The van der Waals surface area contributed by atoms with Crippen LogP contribution in [0.1, 0.15) is 11.1 Å². The van der Waals surface area contributed by atoms with Gasteiger partial charge in [0.2, 0.25) is 10.0 Å². The van der Waals surface area contributed by atoms with Gasteiger partial charge in [-0.25, -0.2) is 8.42 Å². The number of hydrogen-bond acceptors (Lipinski definition) is 3. The molecule has 2 N–H and O–H groups in total. The molecule has 0 radical (unpaired) electrons. The second-order valence-corrected chi connectivity index (χ2v) is 9.95. The molecule has 0 aromatic heterocycles. The maximum absolute atomic E-state index is 12.9. The number of aryl methyl sites for hydroxylation is 1.